The van der Waals surface area contributed by atoms with E-state index in [0.29, 0.717) is 0 Å². The first-order valence-corrected chi connectivity index (χ1v) is 10.6. The van der Waals surface area contributed by atoms with Gasteiger partial charge in [-0.05, 0) is 74.5 Å². The Bertz CT molecular complexity index is 396. The van der Waals surface area contributed by atoms with Crippen molar-refractivity contribution in [3.8, 4) is 0 Å². The summed E-state index contributed by atoms with van der Waals surface area (Å²) in [6.07, 6.45) is 23.8. The quantitative estimate of drug-likeness (QED) is 0.377. The molecule has 0 heteroatoms. The van der Waals surface area contributed by atoms with Crippen LogP contribution in [0.4, 0.5) is 0 Å². The Labute approximate surface area is 144 Å². The molecule has 23 heavy (non-hydrogen) atoms. The van der Waals surface area contributed by atoms with Gasteiger partial charge in [0, 0.05) is 0 Å². The van der Waals surface area contributed by atoms with Crippen molar-refractivity contribution in [1.82, 2.24) is 0 Å². The molecule has 0 N–H and O–H groups in total. The molecule has 2 saturated carbocycles. The molecule has 4 atom stereocenters. The summed E-state index contributed by atoms with van der Waals surface area (Å²) in [5, 5.41) is 0. The Morgan fingerprint density at radius 2 is 1.83 bits per heavy atom. The molecule has 0 amide bonds. The van der Waals surface area contributed by atoms with Gasteiger partial charge in [0.2, 0.25) is 0 Å². The van der Waals surface area contributed by atoms with Crippen LogP contribution in [-0.2, 0) is 0 Å². The summed E-state index contributed by atoms with van der Waals surface area (Å²) in [6.45, 7) is 6.80. The summed E-state index contributed by atoms with van der Waals surface area (Å²) in [6, 6.07) is 0. The van der Waals surface area contributed by atoms with E-state index < -0.39 is 0 Å². The first-order valence-electron chi connectivity index (χ1n) is 10.6. The zero-order valence-electron chi connectivity index (χ0n) is 15.4. The summed E-state index contributed by atoms with van der Waals surface area (Å²) in [5.41, 5.74) is 1.80. The van der Waals surface area contributed by atoms with Crippen LogP contribution in [0.2, 0.25) is 0 Å². The Morgan fingerprint density at radius 3 is 2.48 bits per heavy atom. The monoisotopic (exact) mass is 314 g/mol. The van der Waals surface area contributed by atoms with E-state index >= 15 is 0 Å². The Morgan fingerprint density at radius 1 is 1.04 bits per heavy atom. The minimum absolute atomic E-state index is 0.763. The van der Waals surface area contributed by atoms with Gasteiger partial charge >= 0.3 is 0 Å². The lowest BCUT2D eigenvalue weighted by molar-refractivity contribution is 0.136. The van der Waals surface area contributed by atoms with Gasteiger partial charge in [-0.25, -0.2) is 0 Å². The molecule has 0 radical (unpaired) electrons. The Kier molecular flexibility index (Phi) is 6.43. The molecule has 0 spiro atoms. The van der Waals surface area contributed by atoms with Gasteiger partial charge in [0.25, 0.3) is 0 Å². The third-order valence-corrected chi connectivity index (χ3v) is 7.06. The molecule has 0 aliphatic heterocycles. The maximum Gasteiger partial charge on any atom is -0.0135 e. The van der Waals surface area contributed by atoms with E-state index in [-0.39, 0.29) is 0 Å². The number of hydrogen-bond donors (Lipinski definition) is 0. The zero-order chi connectivity index (χ0) is 16.1. The summed E-state index contributed by atoms with van der Waals surface area (Å²) < 4.78 is 0. The molecular formula is C23H38. The Balaban J connectivity index is 1.69. The van der Waals surface area contributed by atoms with Crippen molar-refractivity contribution in [1.29, 1.82) is 0 Å². The highest BCUT2D eigenvalue weighted by atomic mass is 14.4. The summed E-state index contributed by atoms with van der Waals surface area (Å²) in [4.78, 5) is 0. The van der Waals surface area contributed by atoms with Crippen molar-refractivity contribution in [3.63, 3.8) is 0 Å². The molecular weight excluding hydrogens is 276 g/mol. The molecule has 3 rings (SSSR count). The van der Waals surface area contributed by atoms with Gasteiger partial charge in [0.1, 0.15) is 0 Å². The van der Waals surface area contributed by atoms with E-state index in [9.17, 15) is 0 Å². The molecule has 2 fully saturated rings. The summed E-state index contributed by atoms with van der Waals surface area (Å²) >= 11 is 0. The van der Waals surface area contributed by atoms with E-state index in [1.807, 2.05) is 0 Å². The normalized spacial score (nSPS) is 37.0. The number of hydrogen-bond acceptors (Lipinski definition) is 0. The second-order valence-electron chi connectivity index (χ2n) is 8.87. The Hall–Kier alpha value is -0.520. The first-order chi connectivity index (χ1) is 11.3. The number of rotatable bonds is 4. The van der Waals surface area contributed by atoms with Crippen LogP contribution in [0, 0.1) is 29.6 Å². The van der Waals surface area contributed by atoms with Gasteiger partial charge in [0.15, 0.2) is 0 Å². The molecule has 0 heterocycles. The maximum absolute atomic E-state index is 4.29. The highest BCUT2D eigenvalue weighted by Gasteiger charge is 2.37. The highest BCUT2D eigenvalue weighted by Crippen LogP contribution is 2.47. The van der Waals surface area contributed by atoms with E-state index in [0.717, 1.165) is 29.6 Å². The molecule has 3 aliphatic carbocycles. The minimum Gasteiger partial charge on any atom is -0.103 e. The maximum atomic E-state index is 4.29. The summed E-state index contributed by atoms with van der Waals surface area (Å²) in [7, 11) is 0. The molecule has 4 unspecified atom stereocenters. The second-order valence-corrected chi connectivity index (χ2v) is 8.87. The van der Waals surface area contributed by atoms with Crippen molar-refractivity contribution < 1.29 is 0 Å². The van der Waals surface area contributed by atoms with Crippen molar-refractivity contribution >= 4 is 0 Å². The number of allylic oxidation sites excluding steroid dienone is 3. The average molecular weight is 315 g/mol. The van der Waals surface area contributed by atoms with E-state index in [1.165, 1.54) is 83.5 Å². The largest absolute Gasteiger partial charge is 0.103 e. The van der Waals surface area contributed by atoms with Crippen LogP contribution in [0.15, 0.2) is 24.3 Å². The van der Waals surface area contributed by atoms with E-state index in [1.54, 1.807) is 5.57 Å². The fourth-order valence-electron chi connectivity index (χ4n) is 5.93. The van der Waals surface area contributed by atoms with Gasteiger partial charge in [-0.2, -0.15) is 0 Å². The lowest BCUT2D eigenvalue weighted by atomic mass is 9.62. The van der Waals surface area contributed by atoms with Crippen LogP contribution in [0.25, 0.3) is 0 Å². The molecule has 3 aliphatic rings. The van der Waals surface area contributed by atoms with Crippen molar-refractivity contribution in [2.75, 3.05) is 0 Å². The smallest absolute Gasteiger partial charge is 0.0135 e. The van der Waals surface area contributed by atoms with Crippen molar-refractivity contribution in [2.24, 2.45) is 29.6 Å². The van der Waals surface area contributed by atoms with Crippen LogP contribution in [0.5, 0.6) is 0 Å². The third-order valence-electron chi connectivity index (χ3n) is 7.06. The standard InChI is InChI=1S/C23H38/c1-3-22-21(17-19-11-7-4-5-8-12-19)15-18(2)16-23(22)20-13-9-6-10-14-20/h3,13,18-19,21-23H,1,4-12,14-17H2,2H3. The minimum atomic E-state index is 0.763. The molecule has 0 aromatic heterocycles. The van der Waals surface area contributed by atoms with Gasteiger partial charge in [-0.1, -0.05) is 63.2 Å². The van der Waals surface area contributed by atoms with E-state index in [2.05, 4.69) is 25.7 Å². The van der Waals surface area contributed by atoms with E-state index in [4.69, 9.17) is 0 Å². The molecule has 0 aromatic carbocycles. The van der Waals surface area contributed by atoms with Crippen molar-refractivity contribution in [2.45, 2.75) is 90.4 Å². The predicted octanol–water partition coefficient (Wildman–Crippen LogP) is 7.31. The zero-order valence-corrected chi connectivity index (χ0v) is 15.4. The fraction of sp³-hybridized carbons (Fsp3) is 0.826. The lowest BCUT2D eigenvalue weighted by Gasteiger charge is -2.43. The predicted molar refractivity (Wildman–Crippen MR) is 101 cm³/mol. The van der Waals surface area contributed by atoms with Crippen LogP contribution in [0.1, 0.15) is 90.4 Å². The third kappa shape index (κ3) is 4.52. The topological polar surface area (TPSA) is 0 Å². The van der Waals surface area contributed by atoms with Crippen LogP contribution < -0.4 is 0 Å². The SMILES string of the molecule is C=CC1C(CC2CCCCCC2)CC(C)CC1C1=CCCCC1. The van der Waals surface area contributed by atoms with Crippen LogP contribution >= 0.6 is 0 Å². The summed E-state index contributed by atoms with van der Waals surface area (Å²) in [5.74, 6) is 4.42. The lowest BCUT2D eigenvalue weighted by Crippen LogP contribution is -2.33. The molecule has 0 bridgehead atoms. The molecule has 130 valence electrons. The van der Waals surface area contributed by atoms with Gasteiger partial charge < -0.3 is 0 Å². The van der Waals surface area contributed by atoms with Crippen molar-refractivity contribution in [3.05, 3.63) is 24.3 Å². The highest BCUT2D eigenvalue weighted by molar-refractivity contribution is 5.15. The average Bonchev–Trinajstić information content (AvgIpc) is 2.84. The second kappa shape index (κ2) is 8.54. The molecule has 0 aromatic rings. The molecule has 0 nitrogen and oxygen atoms in total. The first kappa shape index (κ1) is 17.3. The van der Waals surface area contributed by atoms with Gasteiger partial charge in [0.05, 0.1) is 0 Å². The van der Waals surface area contributed by atoms with Crippen LogP contribution in [0.3, 0.4) is 0 Å². The van der Waals surface area contributed by atoms with Gasteiger partial charge in [-0.3, -0.25) is 0 Å². The fourth-order valence-corrected chi connectivity index (χ4v) is 5.93. The van der Waals surface area contributed by atoms with Gasteiger partial charge in [-0.15, -0.1) is 6.58 Å². The molecule has 0 saturated heterocycles. The van der Waals surface area contributed by atoms with Crippen LogP contribution in [-0.4, -0.2) is 0 Å².